The third-order valence-electron chi connectivity index (χ3n) is 7.25. The molecule has 1 aromatic carbocycles. The summed E-state index contributed by atoms with van der Waals surface area (Å²) in [7, 11) is 0. The molecule has 3 fully saturated rings. The molecular weight excluding hydrogens is 433 g/mol. The lowest BCUT2D eigenvalue weighted by molar-refractivity contribution is -0.139. The van der Waals surface area contributed by atoms with Crippen molar-refractivity contribution in [3.05, 3.63) is 29.3 Å². The van der Waals surface area contributed by atoms with E-state index in [1.165, 1.54) is 12.1 Å². The minimum atomic E-state index is -4.64. The Morgan fingerprint density at radius 3 is 2.42 bits per heavy atom. The summed E-state index contributed by atoms with van der Waals surface area (Å²) in [6.45, 7) is 5.57. The second kappa shape index (κ2) is 8.54. The molecule has 0 radical (unpaired) electrons. The van der Waals surface area contributed by atoms with Gasteiger partial charge < -0.3 is 15.1 Å². The normalized spacial score (nSPS) is 22.5. The van der Waals surface area contributed by atoms with Gasteiger partial charge in [-0.25, -0.2) is 0 Å². The summed E-state index contributed by atoms with van der Waals surface area (Å²) in [5.74, 6) is -0.430. The lowest BCUT2D eigenvalue weighted by atomic mass is 9.70. The number of hydrogen-bond donors (Lipinski definition) is 1. The van der Waals surface area contributed by atoms with Gasteiger partial charge in [-0.1, -0.05) is 13.8 Å². The van der Waals surface area contributed by atoms with Gasteiger partial charge in [-0.15, -0.1) is 0 Å². The molecular formula is C24H29F3N4O2. The quantitative estimate of drug-likeness (QED) is 0.743. The van der Waals surface area contributed by atoms with Gasteiger partial charge in [0.15, 0.2) is 0 Å². The van der Waals surface area contributed by atoms with Crippen molar-refractivity contribution >= 4 is 17.5 Å². The first kappa shape index (κ1) is 23.4. The molecule has 0 aromatic heterocycles. The first-order valence-electron chi connectivity index (χ1n) is 11.5. The highest BCUT2D eigenvalue weighted by molar-refractivity contribution is 5.82. The van der Waals surface area contributed by atoms with Gasteiger partial charge in [-0.2, -0.15) is 18.4 Å². The van der Waals surface area contributed by atoms with Crippen molar-refractivity contribution in [3.63, 3.8) is 0 Å². The molecule has 9 heteroatoms. The molecule has 0 bridgehead atoms. The fraction of sp³-hybridized carbons (Fsp3) is 0.625. The smallest absolute Gasteiger partial charge is 0.370 e. The number of rotatable bonds is 4. The molecule has 1 N–H and O–H groups in total. The average Bonchev–Trinajstić information content (AvgIpc) is 3.51. The van der Waals surface area contributed by atoms with E-state index < -0.39 is 22.7 Å². The van der Waals surface area contributed by atoms with E-state index >= 15 is 0 Å². The van der Waals surface area contributed by atoms with Crippen LogP contribution in [-0.2, 0) is 15.8 Å². The Hall–Kier alpha value is -2.76. The zero-order valence-electron chi connectivity index (χ0n) is 18.9. The second-order valence-electron chi connectivity index (χ2n) is 9.90. The van der Waals surface area contributed by atoms with Crippen molar-refractivity contribution in [1.29, 1.82) is 5.26 Å². The predicted molar refractivity (Wildman–Crippen MR) is 116 cm³/mol. The summed E-state index contributed by atoms with van der Waals surface area (Å²) in [6.07, 6.45) is -1.46. The molecule has 1 spiro atoms. The molecule has 4 rings (SSSR count). The predicted octanol–water partition coefficient (Wildman–Crippen LogP) is 3.56. The van der Waals surface area contributed by atoms with E-state index in [9.17, 15) is 22.8 Å². The molecule has 2 heterocycles. The number of amides is 2. The number of piperidine rings is 1. The zero-order valence-corrected chi connectivity index (χ0v) is 18.9. The number of anilines is 1. The molecule has 1 atom stereocenters. The molecule has 6 nitrogen and oxygen atoms in total. The topological polar surface area (TPSA) is 76.4 Å². The maximum atomic E-state index is 13.5. The van der Waals surface area contributed by atoms with E-state index in [2.05, 4.69) is 5.32 Å². The number of carbonyl (C=O) groups excluding carboxylic acids is 2. The Morgan fingerprint density at radius 2 is 1.88 bits per heavy atom. The highest BCUT2D eigenvalue weighted by Gasteiger charge is 2.52. The monoisotopic (exact) mass is 462 g/mol. The maximum absolute atomic E-state index is 13.5. The lowest BCUT2D eigenvalue weighted by Gasteiger charge is -2.42. The molecule has 1 aliphatic carbocycles. The van der Waals surface area contributed by atoms with Gasteiger partial charge in [-0.3, -0.25) is 9.59 Å². The molecule has 178 valence electrons. The van der Waals surface area contributed by atoms with Crippen molar-refractivity contribution in [1.82, 2.24) is 10.2 Å². The molecule has 1 unspecified atom stereocenters. The van der Waals surface area contributed by atoms with E-state index in [0.29, 0.717) is 44.7 Å². The third kappa shape index (κ3) is 4.66. The number of hydrogen-bond acceptors (Lipinski definition) is 4. The Kier molecular flexibility index (Phi) is 6.06. The first-order chi connectivity index (χ1) is 15.5. The van der Waals surface area contributed by atoms with Gasteiger partial charge in [-0.05, 0) is 43.9 Å². The summed E-state index contributed by atoms with van der Waals surface area (Å²) in [6, 6.07) is 5.56. The summed E-state index contributed by atoms with van der Waals surface area (Å²) < 4.78 is 40.6. The summed E-state index contributed by atoms with van der Waals surface area (Å²) in [4.78, 5) is 29.3. The van der Waals surface area contributed by atoms with Crippen LogP contribution in [0.4, 0.5) is 18.9 Å². The van der Waals surface area contributed by atoms with Gasteiger partial charge in [0.25, 0.3) is 0 Å². The first-order valence-corrected chi connectivity index (χ1v) is 11.5. The Morgan fingerprint density at radius 1 is 1.21 bits per heavy atom. The lowest BCUT2D eigenvalue weighted by Crippen LogP contribution is -2.50. The van der Waals surface area contributed by atoms with Gasteiger partial charge in [0, 0.05) is 49.2 Å². The number of nitriles is 1. The van der Waals surface area contributed by atoms with Crippen LogP contribution in [0.15, 0.2) is 18.2 Å². The molecule has 2 saturated heterocycles. The minimum absolute atomic E-state index is 0.0478. The van der Waals surface area contributed by atoms with E-state index in [0.717, 1.165) is 18.9 Å². The Balaban J connectivity index is 1.60. The fourth-order valence-corrected chi connectivity index (χ4v) is 5.16. The van der Waals surface area contributed by atoms with Crippen molar-refractivity contribution in [3.8, 4) is 6.07 Å². The van der Waals surface area contributed by atoms with Crippen LogP contribution in [0.2, 0.25) is 0 Å². The van der Waals surface area contributed by atoms with Gasteiger partial charge in [0.2, 0.25) is 11.8 Å². The van der Waals surface area contributed by atoms with Crippen molar-refractivity contribution in [2.45, 2.75) is 51.7 Å². The average molecular weight is 463 g/mol. The largest absolute Gasteiger partial charge is 0.417 e. The molecule has 3 aliphatic rings. The van der Waals surface area contributed by atoms with Crippen molar-refractivity contribution < 1.29 is 22.8 Å². The highest BCUT2D eigenvalue weighted by Crippen LogP contribution is 2.47. The van der Waals surface area contributed by atoms with Crippen LogP contribution >= 0.6 is 0 Å². The van der Waals surface area contributed by atoms with Crippen LogP contribution in [-0.4, -0.2) is 48.9 Å². The van der Waals surface area contributed by atoms with Gasteiger partial charge in [0.05, 0.1) is 23.1 Å². The van der Waals surface area contributed by atoms with Crippen LogP contribution in [0, 0.1) is 28.6 Å². The number of likely N-dealkylation sites (tertiary alicyclic amines) is 1. The van der Waals surface area contributed by atoms with Gasteiger partial charge in [0.1, 0.15) is 0 Å². The number of alkyl halides is 3. The summed E-state index contributed by atoms with van der Waals surface area (Å²) in [5.41, 5.74) is -1.41. The molecule has 1 saturated carbocycles. The Labute approximate surface area is 191 Å². The number of carbonyl (C=O) groups is 2. The number of nitrogens with zero attached hydrogens (tertiary/aromatic N) is 3. The van der Waals surface area contributed by atoms with Crippen LogP contribution in [0.1, 0.15) is 50.7 Å². The highest BCUT2D eigenvalue weighted by atomic mass is 19.4. The molecule has 2 amide bonds. The maximum Gasteiger partial charge on any atom is 0.417 e. The summed E-state index contributed by atoms with van der Waals surface area (Å²) >= 11 is 0. The van der Waals surface area contributed by atoms with Crippen LogP contribution in [0.3, 0.4) is 0 Å². The molecule has 2 aliphatic heterocycles. The van der Waals surface area contributed by atoms with Gasteiger partial charge >= 0.3 is 6.18 Å². The molecule has 1 aromatic rings. The van der Waals surface area contributed by atoms with Crippen molar-refractivity contribution in [2.75, 3.05) is 31.1 Å². The van der Waals surface area contributed by atoms with E-state index in [4.69, 9.17) is 5.26 Å². The SMILES string of the molecule is CC(C)C(=O)N1CCC2(CC1)CN(c1ccc(C#N)c(C(F)(F)F)c1)CC2C(=O)NC1CC1. The number of nitrogens with one attached hydrogen (secondary N) is 1. The molecule has 33 heavy (non-hydrogen) atoms. The van der Waals surface area contributed by atoms with E-state index in [1.54, 1.807) is 6.07 Å². The van der Waals surface area contributed by atoms with E-state index in [1.807, 2.05) is 23.6 Å². The van der Waals surface area contributed by atoms with Crippen LogP contribution in [0.5, 0.6) is 0 Å². The minimum Gasteiger partial charge on any atom is -0.370 e. The second-order valence-corrected chi connectivity index (χ2v) is 9.90. The number of halogens is 3. The van der Waals surface area contributed by atoms with Crippen molar-refractivity contribution in [2.24, 2.45) is 17.3 Å². The van der Waals surface area contributed by atoms with Crippen LogP contribution < -0.4 is 10.2 Å². The fourth-order valence-electron chi connectivity index (χ4n) is 5.16. The number of benzene rings is 1. The zero-order chi connectivity index (χ0) is 24.0. The van der Waals surface area contributed by atoms with E-state index in [-0.39, 0.29) is 29.7 Å². The van der Waals surface area contributed by atoms with Crippen LogP contribution in [0.25, 0.3) is 0 Å². The Bertz CT molecular complexity index is 973. The standard InChI is InChI=1S/C24H29F3N4O2/c1-15(2)22(33)30-9-7-23(8-10-30)14-31(13-20(23)21(32)29-17-4-5-17)18-6-3-16(12-28)19(11-18)24(25,26)27/h3,6,11,15,17,20H,4-5,7-10,13-14H2,1-2H3,(H,29,32). The third-order valence-corrected chi connectivity index (χ3v) is 7.25. The summed E-state index contributed by atoms with van der Waals surface area (Å²) in [5, 5.41) is 12.2.